The summed E-state index contributed by atoms with van der Waals surface area (Å²) in [6.07, 6.45) is 6.08. The highest BCUT2D eigenvalue weighted by Gasteiger charge is 2.28. The normalized spacial score (nSPS) is 19.2. The van der Waals surface area contributed by atoms with Crippen molar-refractivity contribution >= 4 is 17.7 Å². The molecule has 0 saturated carbocycles. The second-order valence-electron chi connectivity index (χ2n) is 5.44. The summed E-state index contributed by atoms with van der Waals surface area (Å²) in [4.78, 5) is 14.3. The number of carbonyl (C=O) groups excluding carboxylic acids is 1. The van der Waals surface area contributed by atoms with Crippen LogP contribution in [0.1, 0.15) is 36.4 Å². The van der Waals surface area contributed by atoms with Crippen LogP contribution in [0.25, 0.3) is 0 Å². The lowest BCUT2D eigenvalue weighted by Crippen LogP contribution is -2.44. The maximum Gasteiger partial charge on any atom is 0.239 e. The second kappa shape index (κ2) is 7.14. The predicted octanol–water partition coefficient (Wildman–Crippen LogP) is 2.60. The number of fused-ring (bicyclic) bond motifs is 1. The summed E-state index contributed by atoms with van der Waals surface area (Å²) < 4.78 is 0. The van der Waals surface area contributed by atoms with Crippen molar-refractivity contribution in [2.75, 3.05) is 19.1 Å². The number of benzene rings is 1. The molecule has 0 spiro atoms. The third kappa shape index (κ3) is 3.36. The average molecular weight is 292 g/mol. The first-order chi connectivity index (χ1) is 9.65. The topological polar surface area (TPSA) is 46.3 Å². The Labute approximate surface area is 125 Å². The minimum Gasteiger partial charge on any atom is -0.337 e. The minimum absolute atomic E-state index is 0.0701. The molecule has 0 radical (unpaired) electrons. The number of hydrogen-bond donors (Lipinski definition) is 1. The van der Waals surface area contributed by atoms with Crippen LogP contribution in [-0.2, 0) is 11.2 Å². The van der Waals surface area contributed by atoms with Gasteiger partial charge in [-0.15, -0.1) is 0 Å². The van der Waals surface area contributed by atoms with Gasteiger partial charge in [-0.1, -0.05) is 24.3 Å². The van der Waals surface area contributed by atoms with E-state index in [0.29, 0.717) is 0 Å². The van der Waals surface area contributed by atoms with E-state index < -0.39 is 0 Å². The van der Waals surface area contributed by atoms with E-state index >= 15 is 0 Å². The quantitative estimate of drug-likeness (QED) is 0.907. The molecule has 0 aromatic heterocycles. The van der Waals surface area contributed by atoms with Crippen LogP contribution in [0.5, 0.6) is 0 Å². The Hall–Kier alpha value is -1.00. The standard InChI is InChI=1S/C16H24N2OS/c1-18(16(19)14(17)10-11-20-2)15-9-5-7-12-6-3-4-8-13(12)15/h3-4,6,8,14-15H,5,7,9-11,17H2,1-2H3/t14-,15?/m0/s1. The van der Waals surface area contributed by atoms with Crippen molar-refractivity contribution in [3.05, 3.63) is 35.4 Å². The maximum atomic E-state index is 12.4. The molecule has 110 valence electrons. The SMILES string of the molecule is CSCC[C@H](N)C(=O)N(C)C1CCCc2ccccc21. The third-order valence-corrected chi connectivity index (χ3v) is 4.75. The Bertz CT molecular complexity index is 464. The smallest absolute Gasteiger partial charge is 0.239 e. The number of hydrogen-bond acceptors (Lipinski definition) is 3. The van der Waals surface area contributed by atoms with Crippen LogP contribution in [0.2, 0.25) is 0 Å². The summed E-state index contributed by atoms with van der Waals surface area (Å²) in [6.45, 7) is 0. The molecule has 1 aliphatic rings. The summed E-state index contributed by atoms with van der Waals surface area (Å²) >= 11 is 1.73. The number of thioether (sulfide) groups is 1. The molecule has 2 atom stereocenters. The zero-order chi connectivity index (χ0) is 14.5. The summed E-state index contributed by atoms with van der Waals surface area (Å²) in [6, 6.07) is 8.27. The first kappa shape index (κ1) is 15.4. The number of nitrogens with two attached hydrogens (primary N) is 1. The molecule has 2 rings (SSSR count). The van der Waals surface area contributed by atoms with E-state index in [2.05, 4.69) is 24.3 Å². The fourth-order valence-electron chi connectivity index (χ4n) is 2.91. The molecular formula is C16H24N2OS. The van der Waals surface area contributed by atoms with E-state index in [-0.39, 0.29) is 18.0 Å². The maximum absolute atomic E-state index is 12.4. The Morgan fingerprint density at radius 1 is 1.50 bits per heavy atom. The number of rotatable bonds is 5. The van der Waals surface area contributed by atoms with Gasteiger partial charge in [0.1, 0.15) is 0 Å². The number of amides is 1. The molecule has 1 aromatic rings. The van der Waals surface area contributed by atoms with Gasteiger partial charge in [-0.25, -0.2) is 0 Å². The molecule has 3 nitrogen and oxygen atoms in total. The Balaban J connectivity index is 2.10. The third-order valence-electron chi connectivity index (χ3n) is 4.10. The highest BCUT2D eigenvalue weighted by Crippen LogP contribution is 2.33. The van der Waals surface area contributed by atoms with Crippen LogP contribution in [0, 0.1) is 0 Å². The van der Waals surface area contributed by atoms with Crippen LogP contribution in [0.3, 0.4) is 0 Å². The van der Waals surface area contributed by atoms with E-state index in [4.69, 9.17) is 5.73 Å². The number of carbonyl (C=O) groups is 1. The molecule has 1 aromatic carbocycles. The summed E-state index contributed by atoms with van der Waals surface area (Å²) in [5.41, 5.74) is 8.70. The van der Waals surface area contributed by atoms with E-state index in [0.717, 1.165) is 31.4 Å². The van der Waals surface area contributed by atoms with Crippen LogP contribution in [0.4, 0.5) is 0 Å². The fraction of sp³-hybridized carbons (Fsp3) is 0.562. The van der Waals surface area contributed by atoms with Gasteiger partial charge in [0.2, 0.25) is 5.91 Å². The lowest BCUT2D eigenvalue weighted by atomic mass is 9.87. The Morgan fingerprint density at radius 2 is 2.25 bits per heavy atom. The lowest BCUT2D eigenvalue weighted by molar-refractivity contribution is -0.133. The fourth-order valence-corrected chi connectivity index (χ4v) is 3.40. The number of aryl methyl sites for hydroxylation is 1. The number of likely N-dealkylation sites (N-methyl/N-ethyl adjacent to an activating group) is 1. The first-order valence-corrected chi connectivity index (χ1v) is 8.63. The van der Waals surface area contributed by atoms with Gasteiger partial charge in [-0.3, -0.25) is 4.79 Å². The van der Waals surface area contributed by atoms with Crippen molar-refractivity contribution in [1.29, 1.82) is 0 Å². The number of nitrogens with zero attached hydrogens (tertiary/aromatic N) is 1. The molecule has 0 heterocycles. The lowest BCUT2D eigenvalue weighted by Gasteiger charge is -2.34. The van der Waals surface area contributed by atoms with Crippen molar-refractivity contribution < 1.29 is 4.79 Å². The first-order valence-electron chi connectivity index (χ1n) is 7.24. The molecule has 1 amide bonds. The van der Waals surface area contributed by atoms with Crippen molar-refractivity contribution in [2.24, 2.45) is 5.73 Å². The van der Waals surface area contributed by atoms with Crippen LogP contribution < -0.4 is 5.73 Å². The van der Waals surface area contributed by atoms with Crippen molar-refractivity contribution in [2.45, 2.75) is 37.8 Å². The minimum atomic E-state index is -0.374. The molecule has 2 N–H and O–H groups in total. The summed E-state index contributed by atoms with van der Waals surface area (Å²) in [5.74, 6) is 1.00. The monoisotopic (exact) mass is 292 g/mol. The van der Waals surface area contributed by atoms with E-state index in [1.807, 2.05) is 18.2 Å². The zero-order valence-electron chi connectivity index (χ0n) is 12.3. The van der Waals surface area contributed by atoms with Crippen LogP contribution in [-0.4, -0.2) is 35.9 Å². The average Bonchev–Trinajstić information content (AvgIpc) is 2.50. The van der Waals surface area contributed by atoms with Crippen molar-refractivity contribution in [3.8, 4) is 0 Å². The molecule has 4 heteroatoms. The van der Waals surface area contributed by atoms with Gasteiger partial charge < -0.3 is 10.6 Å². The van der Waals surface area contributed by atoms with Gasteiger partial charge >= 0.3 is 0 Å². The van der Waals surface area contributed by atoms with Gasteiger partial charge in [0.05, 0.1) is 12.1 Å². The van der Waals surface area contributed by atoms with Gasteiger partial charge in [0.15, 0.2) is 0 Å². The van der Waals surface area contributed by atoms with E-state index in [1.54, 1.807) is 11.8 Å². The van der Waals surface area contributed by atoms with E-state index in [9.17, 15) is 4.79 Å². The molecule has 0 aliphatic heterocycles. The van der Waals surface area contributed by atoms with Gasteiger partial charge in [0.25, 0.3) is 0 Å². The molecule has 20 heavy (non-hydrogen) atoms. The second-order valence-corrected chi connectivity index (χ2v) is 6.43. The molecule has 1 aliphatic carbocycles. The highest BCUT2D eigenvalue weighted by molar-refractivity contribution is 7.98. The molecule has 1 unspecified atom stereocenters. The van der Waals surface area contributed by atoms with Gasteiger partial charge in [-0.2, -0.15) is 11.8 Å². The van der Waals surface area contributed by atoms with Crippen molar-refractivity contribution in [1.82, 2.24) is 4.90 Å². The molecular weight excluding hydrogens is 268 g/mol. The zero-order valence-corrected chi connectivity index (χ0v) is 13.2. The largest absolute Gasteiger partial charge is 0.337 e. The molecule has 0 bridgehead atoms. The van der Waals surface area contributed by atoms with E-state index in [1.165, 1.54) is 11.1 Å². The predicted molar refractivity (Wildman–Crippen MR) is 85.9 cm³/mol. The molecule has 0 saturated heterocycles. The van der Waals surface area contributed by atoms with Crippen molar-refractivity contribution in [3.63, 3.8) is 0 Å². The van der Waals surface area contributed by atoms with Crippen LogP contribution >= 0.6 is 11.8 Å². The Morgan fingerprint density at radius 3 is 3.00 bits per heavy atom. The highest BCUT2D eigenvalue weighted by atomic mass is 32.2. The van der Waals surface area contributed by atoms with Gasteiger partial charge in [-0.05, 0) is 48.8 Å². The van der Waals surface area contributed by atoms with Gasteiger partial charge in [0, 0.05) is 7.05 Å². The Kier molecular flexibility index (Phi) is 5.49. The summed E-state index contributed by atoms with van der Waals surface area (Å²) in [5, 5.41) is 0. The van der Waals surface area contributed by atoms with Crippen LogP contribution in [0.15, 0.2) is 24.3 Å². The summed E-state index contributed by atoms with van der Waals surface area (Å²) in [7, 11) is 1.90. The molecule has 0 fully saturated rings.